The van der Waals surface area contributed by atoms with E-state index in [-0.39, 0.29) is 18.6 Å². The minimum Gasteiger partial charge on any atom is -0.323 e. The van der Waals surface area contributed by atoms with Crippen LogP contribution in [0.15, 0.2) is 35.2 Å². The summed E-state index contributed by atoms with van der Waals surface area (Å²) in [6.07, 6.45) is 1.48. The zero-order valence-electron chi connectivity index (χ0n) is 17.3. The van der Waals surface area contributed by atoms with Crippen LogP contribution < -0.4 is 10.2 Å². The lowest BCUT2D eigenvalue weighted by Crippen LogP contribution is -3.16. The number of amides is 3. The first-order valence-corrected chi connectivity index (χ1v) is 11.6. The molecule has 9 heteroatoms. The fraction of sp³-hybridized carbons (Fsp3) is 0.600. The molecule has 2 heterocycles. The second-order valence-electron chi connectivity index (χ2n) is 8.55. The number of nitrogens with one attached hydrogen (secondary N) is 2. The number of nitrogens with zero attached hydrogens (tertiary/aromatic N) is 2. The van der Waals surface area contributed by atoms with Crippen molar-refractivity contribution in [2.45, 2.75) is 44.0 Å². The maximum absolute atomic E-state index is 12.9. The highest BCUT2D eigenvalue weighted by Gasteiger charge is 2.49. The van der Waals surface area contributed by atoms with Crippen molar-refractivity contribution in [3.8, 4) is 0 Å². The van der Waals surface area contributed by atoms with Gasteiger partial charge in [-0.1, -0.05) is 32.0 Å². The third-order valence-electron chi connectivity index (χ3n) is 5.76. The van der Waals surface area contributed by atoms with Gasteiger partial charge in [0.1, 0.15) is 5.54 Å². The smallest absolute Gasteiger partial charge is 0.323 e. The minimum absolute atomic E-state index is 0.185. The van der Waals surface area contributed by atoms with Gasteiger partial charge in [0, 0.05) is 0 Å². The van der Waals surface area contributed by atoms with E-state index in [4.69, 9.17) is 0 Å². The fourth-order valence-corrected chi connectivity index (χ4v) is 5.27. The molecule has 0 radical (unpaired) electrons. The molecule has 2 saturated heterocycles. The van der Waals surface area contributed by atoms with Gasteiger partial charge in [0.15, 0.2) is 6.67 Å². The molecule has 0 unspecified atom stereocenters. The first-order chi connectivity index (χ1) is 13.6. The molecule has 1 aromatic carbocycles. The molecule has 3 rings (SSSR count). The molecular formula is C20H31N4O4S+. The summed E-state index contributed by atoms with van der Waals surface area (Å²) >= 11 is 0. The molecule has 2 fully saturated rings. The summed E-state index contributed by atoms with van der Waals surface area (Å²) in [7, 11) is -3.51. The number of hydrogen-bond acceptors (Lipinski definition) is 4. The second kappa shape index (κ2) is 8.41. The van der Waals surface area contributed by atoms with Crippen LogP contribution in [0.1, 0.15) is 33.6 Å². The van der Waals surface area contributed by atoms with Crippen LogP contribution in [0.2, 0.25) is 0 Å². The molecule has 1 aromatic rings. The van der Waals surface area contributed by atoms with E-state index in [0.29, 0.717) is 43.4 Å². The summed E-state index contributed by atoms with van der Waals surface area (Å²) in [5.74, 6) is 0.269. The third-order valence-corrected chi connectivity index (χ3v) is 7.67. The van der Waals surface area contributed by atoms with Crippen LogP contribution in [-0.4, -0.2) is 67.9 Å². The van der Waals surface area contributed by atoms with E-state index >= 15 is 0 Å². The van der Waals surface area contributed by atoms with Gasteiger partial charge in [-0.15, -0.1) is 0 Å². The fourth-order valence-electron chi connectivity index (χ4n) is 3.80. The van der Waals surface area contributed by atoms with Crippen LogP contribution in [0.5, 0.6) is 0 Å². The normalized spacial score (nSPS) is 24.3. The minimum atomic E-state index is -3.51. The van der Waals surface area contributed by atoms with Crippen LogP contribution in [0.3, 0.4) is 0 Å². The maximum atomic E-state index is 12.9. The SMILES string of the molecule is CC(C)CC[C@@]1(C)NC(=O)N(C[NH+]2CCN(S(=O)(=O)c3ccccc3)CC2)C1=O. The molecule has 0 spiro atoms. The van der Waals surface area contributed by atoms with Gasteiger partial charge in [-0.25, -0.2) is 18.1 Å². The number of carbonyl (C=O) groups is 2. The Labute approximate surface area is 172 Å². The van der Waals surface area contributed by atoms with Gasteiger partial charge in [0.25, 0.3) is 5.91 Å². The van der Waals surface area contributed by atoms with E-state index in [1.54, 1.807) is 37.3 Å². The molecule has 2 aliphatic heterocycles. The van der Waals surface area contributed by atoms with Crippen LogP contribution in [0.25, 0.3) is 0 Å². The summed E-state index contributed by atoms with van der Waals surface area (Å²) in [5.41, 5.74) is -0.848. The van der Waals surface area contributed by atoms with Crippen LogP contribution >= 0.6 is 0 Å². The first-order valence-electron chi connectivity index (χ1n) is 10.2. The van der Waals surface area contributed by atoms with Gasteiger partial charge in [0.2, 0.25) is 10.0 Å². The second-order valence-corrected chi connectivity index (χ2v) is 10.5. The molecule has 0 aliphatic carbocycles. The molecule has 1 atom stereocenters. The number of urea groups is 1. The number of hydrogen-bond donors (Lipinski definition) is 2. The Morgan fingerprint density at radius 2 is 1.76 bits per heavy atom. The van der Waals surface area contributed by atoms with Crippen molar-refractivity contribution in [2.75, 3.05) is 32.8 Å². The zero-order valence-corrected chi connectivity index (χ0v) is 18.2. The monoisotopic (exact) mass is 423 g/mol. The topological polar surface area (TPSA) is 91.2 Å². The van der Waals surface area contributed by atoms with Crippen molar-refractivity contribution in [2.24, 2.45) is 5.92 Å². The lowest BCUT2D eigenvalue weighted by atomic mass is 9.92. The van der Waals surface area contributed by atoms with E-state index in [2.05, 4.69) is 19.2 Å². The number of sulfonamides is 1. The molecule has 3 amide bonds. The van der Waals surface area contributed by atoms with Crippen LogP contribution in [0.4, 0.5) is 4.79 Å². The molecule has 160 valence electrons. The Bertz CT molecular complexity index is 850. The number of piperazine rings is 1. The maximum Gasteiger partial charge on any atom is 0.329 e. The predicted molar refractivity (Wildman–Crippen MR) is 109 cm³/mol. The summed E-state index contributed by atoms with van der Waals surface area (Å²) in [6, 6.07) is 8.05. The lowest BCUT2D eigenvalue weighted by Gasteiger charge is -2.33. The van der Waals surface area contributed by atoms with Gasteiger partial charge in [-0.3, -0.25) is 4.79 Å². The summed E-state index contributed by atoms with van der Waals surface area (Å²) in [6.45, 7) is 8.06. The number of carbonyl (C=O) groups excluding carboxylic acids is 2. The first kappa shape index (κ1) is 21.7. The largest absolute Gasteiger partial charge is 0.329 e. The molecule has 0 aromatic heterocycles. The lowest BCUT2D eigenvalue weighted by molar-refractivity contribution is -0.910. The van der Waals surface area contributed by atoms with E-state index in [1.165, 1.54) is 9.21 Å². The Balaban J connectivity index is 1.58. The van der Waals surface area contributed by atoms with Gasteiger partial charge in [-0.2, -0.15) is 4.31 Å². The quantitative estimate of drug-likeness (QED) is 0.617. The molecule has 2 N–H and O–H groups in total. The van der Waals surface area contributed by atoms with Gasteiger partial charge in [-0.05, 0) is 37.8 Å². The van der Waals surface area contributed by atoms with Crippen molar-refractivity contribution in [3.05, 3.63) is 30.3 Å². The zero-order chi connectivity index (χ0) is 21.2. The third kappa shape index (κ3) is 4.62. The number of imide groups is 1. The van der Waals surface area contributed by atoms with E-state index in [1.807, 2.05) is 0 Å². The highest BCUT2D eigenvalue weighted by molar-refractivity contribution is 7.89. The summed E-state index contributed by atoms with van der Waals surface area (Å²) < 4.78 is 27.0. The molecule has 29 heavy (non-hydrogen) atoms. The van der Waals surface area contributed by atoms with E-state index in [0.717, 1.165) is 11.3 Å². The number of rotatable bonds is 7. The molecule has 8 nitrogen and oxygen atoms in total. The average Bonchev–Trinajstić information content (AvgIpc) is 2.91. The van der Waals surface area contributed by atoms with Gasteiger partial charge < -0.3 is 10.2 Å². The van der Waals surface area contributed by atoms with Crippen LogP contribution in [-0.2, 0) is 14.8 Å². The Morgan fingerprint density at radius 3 is 2.34 bits per heavy atom. The standard InChI is InChI=1S/C20H30N4O4S/c1-16(2)9-10-20(3)18(25)24(19(26)21-20)15-22-11-13-23(14-12-22)29(27,28)17-7-5-4-6-8-17/h4-8,16H,9-15H2,1-3H3,(H,21,26)/p+1/t20-/m1/s1. The van der Waals surface area contributed by atoms with Gasteiger partial charge >= 0.3 is 6.03 Å². The summed E-state index contributed by atoms with van der Waals surface area (Å²) in [4.78, 5) is 27.9. The van der Waals surface area contributed by atoms with Crippen molar-refractivity contribution < 1.29 is 22.9 Å². The van der Waals surface area contributed by atoms with E-state index in [9.17, 15) is 18.0 Å². The Kier molecular flexibility index (Phi) is 6.30. The summed E-state index contributed by atoms with van der Waals surface area (Å²) in [5, 5.41) is 2.85. The highest BCUT2D eigenvalue weighted by atomic mass is 32.2. The van der Waals surface area contributed by atoms with Gasteiger partial charge in [0.05, 0.1) is 31.1 Å². The van der Waals surface area contributed by atoms with Crippen molar-refractivity contribution >= 4 is 22.0 Å². The van der Waals surface area contributed by atoms with Crippen molar-refractivity contribution in [3.63, 3.8) is 0 Å². The molecule has 2 aliphatic rings. The Morgan fingerprint density at radius 1 is 1.14 bits per heavy atom. The predicted octanol–water partition coefficient (Wildman–Crippen LogP) is 0.280. The van der Waals surface area contributed by atoms with E-state index < -0.39 is 15.6 Å². The number of benzene rings is 1. The Hall–Kier alpha value is -1.97. The van der Waals surface area contributed by atoms with Crippen molar-refractivity contribution in [1.29, 1.82) is 0 Å². The molecular weight excluding hydrogens is 392 g/mol. The average molecular weight is 424 g/mol. The molecule has 0 bridgehead atoms. The number of quaternary nitrogens is 1. The van der Waals surface area contributed by atoms with Crippen molar-refractivity contribution in [1.82, 2.24) is 14.5 Å². The highest BCUT2D eigenvalue weighted by Crippen LogP contribution is 2.24. The molecule has 0 saturated carbocycles. The van der Waals surface area contributed by atoms with Crippen LogP contribution in [0, 0.1) is 5.92 Å².